The lowest BCUT2D eigenvalue weighted by Crippen LogP contribution is -2.83. The molecule has 0 aliphatic carbocycles. The summed E-state index contributed by atoms with van der Waals surface area (Å²) in [5.41, 5.74) is 3.22. The first-order valence-corrected chi connectivity index (χ1v) is 11.7. The number of rotatable bonds is 10. The molecule has 0 fully saturated rings. The van der Waals surface area contributed by atoms with Gasteiger partial charge in [-0.15, -0.1) is 0 Å². The number of halogens is 1. The highest BCUT2D eigenvalue weighted by Gasteiger charge is 2.09. The lowest BCUT2D eigenvalue weighted by Gasteiger charge is -2.12. The first-order chi connectivity index (χ1) is 14.8. The van der Waals surface area contributed by atoms with E-state index in [2.05, 4.69) is 5.32 Å². The van der Waals surface area contributed by atoms with Crippen molar-refractivity contribution in [2.75, 3.05) is 13.7 Å². The van der Waals surface area contributed by atoms with Gasteiger partial charge in [0.25, 0.3) is 0 Å². The Kier molecular flexibility index (Phi) is 7.92. The van der Waals surface area contributed by atoms with Crippen molar-refractivity contribution >= 4 is 21.6 Å². The van der Waals surface area contributed by atoms with E-state index in [4.69, 9.17) is 26.2 Å². The van der Waals surface area contributed by atoms with E-state index in [0.717, 1.165) is 36.2 Å². The molecule has 6 nitrogen and oxygen atoms in total. The van der Waals surface area contributed by atoms with Gasteiger partial charge in [0.1, 0.15) is 13.2 Å². The average Bonchev–Trinajstić information content (AvgIpc) is 2.76. The van der Waals surface area contributed by atoms with Crippen LogP contribution in [0.3, 0.4) is 0 Å². The number of hydrogen-bond donors (Lipinski definition) is 2. The van der Waals surface area contributed by atoms with Crippen LogP contribution in [-0.4, -0.2) is 22.1 Å². The third-order valence-corrected chi connectivity index (χ3v) is 5.99. The molecule has 3 aromatic rings. The van der Waals surface area contributed by atoms with Gasteiger partial charge in [0, 0.05) is 17.0 Å². The van der Waals surface area contributed by atoms with Gasteiger partial charge in [-0.05, 0) is 53.6 Å². The lowest BCUT2D eigenvalue weighted by molar-refractivity contribution is -0.670. The predicted molar refractivity (Wildman–Crippen MR) is 121 cm³/mol. The third kappa shape index (κ3) is 6.97. The summed E-state index contributed by atoms with van der Waals surface area (Å²) in [4.78, 5) is 0.130. The number of nitrogens with two attached hydrogens (primary N) is 2. The van der Waals surface area contributed by atoms with Crippen LogP contribution in [0.15, 0.2) is 71.6 Å². The number of methoxy groups -OCH3 is 1. The SMILES string of the molecule is COc1cc(C[NH2+]CCc2ccc(S(N)(=O)=O)cc2)ccc1OCc1ccc(Cl)cc1. The van der Waals surface area contributed by atoms with Crippen LogP contribution in [0.2, 0.25) is 5.02 Å². The van der Waals surface area contributed by atoms with Crippen LogP contribution in [0.4, 0.5) is 0 Å². The standard InChI is InChI=1S/C23H25ClN2O4S/c1-29-23-14-19(6-11-22(23)30-16-18-2-7-20(24)8-3-18)15-26-13-12-17-4-9-21(10-5-17)31(25,27)28/h2-11,14,26H,12-13,15-16H2,1H3,(H2,25,27,28)/p+1. The molecule has 0 aromatic heterocycles. The molecule has 0 heterocycles. The Balaban J connectivity index is 1.49. The summed E-state index contributed by atoms with van der Waals surface area (Å²) >= 11 is 5.91. The van der Waals surface area contributed by atoms with Crippen molar-refractivity contribution in [2.45, 2.75) is 24.5 Å². The molecule has 0 saturated carbocycles. The second-order valence-electron chi connectivity index (χ2n) is 7.12. The van der Waals surface area contributed by atoms with E-state index >= 15 is 0 Å². The third-order valence-electron chi connectivity index (χ3n) is 4.80. The Morgan fingerprint density at radius 3 is 2.19 bits per heavy atom. The summed E-state index contributed by atoms with van der Waals surface area (Å²) in [6.07, 6.45) is 0.824. The molecular formula is C23H26ClN2O4S+. The smallest absolute Gasteiger partial charge is 0.238 e. The van der Waals surface area contributed by atoms with Crippen LogP contribution < -0.4 is 19.9 Å². The molecule has 3 rings (SSSR count). The minimum Gasteiger partial charge on any atom is -0.493 e. The van der Waals surface area contributed by atoms with Crippen LogP contribution in [0.25, 0.3) is 0 Å². The number of ether oxygens (including phenoxy) is 2. The summed E-state index contributed by atoms with van der Waals surface area (Å²) in [5, 5.41) is 8.01. The molecule has 0 unspecified atom stereocenters. The van der Waals surface area contributed by atoms with Crippen molar-refractivity contribution in [3.05, 3.63) is 88.4 Å². The van der Waals surface area contributed by atoms with Crippen LogP contribution >= 0.6 is 11.6 Å². The maximum Gasteiger partial charge on any atom is 0.238 e. The van der Waals surface area contributed by atoms with Crippen molar-refractivity contribution < 1.29 is 23.2 Å². The molecule has 0 aliphatic rings. The Labute approximate surface area is 188 Å². The zero-order valence-corrected chi connectivity index (χ0v) is 18.8. The first kappa shape index (κ1) is 23.1. The summed E-state index contributed by atoms with van der Waals surface area (Å²) in [7, 11) is -2.02. The summed E-state index contributed by atoms with van der Waals surface area (Å²) < 4.78 is 34.0. The molecule has 0 saturated heterocycles. The molecule has 164 valence electrons. The van der Waals surface area contributed by atoms with Crippen molar-refractivity contribution in [1.29, 1.82) is 0 Å². The van der Waals surface area contributed by atoms with E-state index in [9.17, 15) is 8.42 Å². The molecular weight excluding hydrogens is 436 g/mol. The van der Waals surface area contributed by atoms with Crippen molar-refractivity contribution in [3.8, 4) is 11.5 Å². The van der Waals surface area contributed by atoms with Crippen molar-refractivity contribution in [1.82, 2.24) is 0 Å². The fourth-order valence-electron chi connectivity index (χ4n) is 3.08. The van der Waals surface area contributed by atoms with Crippen LogP contribution in [0, 0.1) is 0 Å². The van der Waals surface area contributed by atoms with Crippen LogP contribution in [0.1, 0.15) is 16.7 Å². The summed E-state index contributed by atoms with van der Waals surface area (Å²) in [5.74, 6) is 1.38. The van der Waals surface area contributed by atoms with Gasteiger partial charge in [0.05, 0.1) is 18.6 Å². The second kappa shape index (κ2) is 10.6. The number of benzene rings is 3. The molecule has 0 atom stereocenters. The maximum absolute atomic E-state index is 11.3. The van der Waals surface area contributed by atoms with Crippen molar-refractivity contribution in [2.24, 2.45) is 5.14 Å². The van der Waals surface area contributed by atoms with Crippen molar-refractivity contribution in [3.63, 3.8) is 0 Å². The fraction of sp³-hybridized carbons (Fsp3) is 0.217. The molecule has 0 radical (unpaired) electrons. The van der Waals surface area contributed by atoms with Gasteiger partial charge in [0.2, 0.25) is 10.0 Å². The highest BCUT2D eigenvalue weighted by molar-refractivity contribution is 7.89. The number of quaternary nitrogens is 1. The largest absolute Gasteiger partial charge is 0.493 e. The highest BCUT2D eigenvalue weighted by atomic mass is 35.5. The lowest BCUT2D eigenvalue weighted by atomic mass is 10.1. The van der Waals surface area contributed by atoms with Gasteiger partial charge in [0.15, 0.2) is 11.5 Å². The normalized spacial score (nSPS) is 11.3. The van der Waals surface area contributed by atoms with E-state index < -0.39 is 10.0 Å². The molecule has 4 N–H and O–H groups in total. The van der Waals surface area contributed by atoms with Gasteiger partial charge in [-0.3, -0.25) is 0 Å². The zero-order valence-electron chi connectivity index (χ0n) is 17.3. The molecule has 31 heavy (non-hydrogen) atoms. The number of primary sulfonamides is 1. The van der Waals surface area contributed by atoms with Gasteiger partial charge in [-0.2, -0.15) is 0 Å². The monoisotopic (exact) mass is 461 g/mol. The maximum atomic E-state index is 11.3. The van der Waals surface area contributed by atoms with E-state index in [1.54, 1.807) is 19.2 Å². The van der Waals surface area contributed by atoms with Crippen LogP contribution in [-0.2, 0) is 29.6 Å². The Morgan fingerprint density at radius 2 is 1.55 bits per heavy atom. The minimum absolute atomic E-state index is 0.130. The predicted octanol–water partition coefficient (Wildman–Crippen LogP) is 2.88. The fourth-order valence-corrected chi connectivity index (χ4v) is 3.72. The molecule has 3 aromatic carbocycles. The quantitative estimate of drug-likeness (QED) is 0.454. The van der Waals surface area contributed by atoms with Gasteiger partial charge in [-0.1, -0.05) is 35.9 Å². The first-order valence-electron chi connectivity index (χ1n) is 9.83. The highest BCUT2D eigenvalue weighted by Crippen LogP contribution is 2.28. The van der Waals surface area contributed by atoms with E-state index in [0.29, 0.717) is 23.1 Å². The zero-order chi connectivity index (χ0) is 22.3. The molecule has 0 bridgehead atoms. The Hall–Kier alpha value is -2.58. The number of hydrogen-bond acceptors (Lipinski definition) is 4. The second-order valence-corrected chi connectivity index (χ2v) is 9.12. The Morgan fingerprint density at radius 1 is 0.903 bits per heavy atom. The van der Waals surface area contributed by atoms with Gasteiger partial charge in [-0.25, -0.2) is 13.6 Å². The topological polar surface area (TPSA) is 95.2 Å². The Bertz CT molecular complexity index is 1100. The van der Waals surface area contributed by atoms with E-state index in [1.165, 1.54) is 12.1 Å². The van der Waals surface area contributed by atoms with Gasteiger partial charge >= 0.3 is 0 Å². The van der Waals surface area contributed by atoms with E-state index in [1.807, 2.05) is 42.5 Å². The summed E-state index contributed by atoms with van der Waals surface area (Å²) in [6, 6.07) is 20.1. The summed E-state index contributed by atoms with van der Waals surface area (Å²) in [6.45, 7) is 2.10. The molecule has 0 aliphatic heterocycles. The molecule has 0 amide bonds. The van der Waals surface area contributed by atoms with Gasteiger partial charge < -0.3 is 14.8 Å². The minimum atomic E-state index is -3.65. The molecule has 0 spiro atoms. The van der Waals surface area contributed by atoms with Crippen LogP contribution in [0.5, 0.6) is 11.5 Å². The van der Waals surface area contributed by atoms with E-state index in [-0.39, 0.29) is 4.90 Å². The average molecular weight is 462 g/mol. The number of sulfonamides is 1. The molecule has 8 heteroatoms.